The Labute approximate surface area is 112 Å². The topological polar surface area (TPSA) is 46.2 Å². The molecule has 0 heterocycles. The fourth-order valence-electron chi connectivity index (χ4n) is 1.46. The lowest BCUT2D eigenvalue weighted by molar-refractivity contribution is 0.601. The molecule has 2 aromatic carbocycles. The number of hydrogen-bond donors (Lipinski definition) is 2. The number of thiol groups is 1. The van der Waals surface area contributed by atoms with E-state index in [0.717, 1.165) is 10.5 Å². The molecule has 2 rings (SSSR count). The third-order valence-corrected chi connectivity index (χ3v) is 4.15. The summed E-state index contributed by atoms with van der Waals surface area (Å²) in [7, 11) is -3.52. The van der Waals surface area contributed by atoms with Crippen LogP contribution in [-0.4, -0.2) is 8.42 Å². The van der Waals surface area contributed by atoms with Gasteiger partial charge in [-0.15, -0.1) is 12.6 Å². The lowest BCUT2D eigenvalue weighted by Gasteiger charge is -2.08. The van der Waals surface area contributed by atoms with E-state index >= 15 is 0 Å². The van der Waals surface area contributed by atoms with Gasteiger partial charge in [0.1, 0.15) is 0 Å². The maximum atomic E-state index is 12.1. The van der Waals surface area contributed by atoms with E-state index in [9.17, 15) is 8.42 Å². The van der Waals surface area contributed by atoms with E-state index in [2.05, 4.69) is 17.4 Å². The normalized spacial score (nSPS) is 11.2. The first-order valence-corrected chi connectivity index (χ1v) is 7.29. The molecule has 0 atom stereocenters. The van der Waals surface area contributed by atoms with Crippen molar-refractivity contribution in [3.05, 3.63) is 54.1 Å². The molecule has 3 nitrogen and oxygen atoms in total. The standard InChI is InChI=1S/C13H13NO2S2/c1-10-2-8-13(9-3-10)18(15,16)14-11-4-6-12(17)7-5-11/h2-9,14,17H,1H3. The number of nitrogens with one attached hydrogen (secondary N) is 1. The van der Waals surface area contributed by atoms with Gasteiger partial charge in [0.2, 0.25) is 0 Å². The van der Waals surface area contributed by atoms with E-state index in [1.165, 1.54) is 0 Å². The first-order chi connectivity index (χ1) is 8.47. The fourth-order valence-corrected chi connectivity index (χ4v) is 2.67. The Hall–Kier alpha value is -1.46. The lowest BCUT2D eigenvalue weighted by atomic mass is 10.2. The zero-order valence-corrected chi connectivity index (χ0v) is 11.5. The molecule has 2 aromatic rings. The summed E-state index contributed by atoms with van der Waals surface area (Å²) in [6, 6.07) is 13.5. The van der Waals surface area contributed by atoms with Crippen LogP contribution in [0.3, 0.4) is 0 Å². The second-order valence-electron chi connectivity index (χ2n) is 3.97. The Bertz CT molecular complexity index is 632. The van der Waals surface area contributed by atoms with Crippen LogP contribution in [0, 0.1) is 6.92 Å². The van der Waals surface area contributed by atoms with Gasteiger partial charge < -0.3 is 0 Å². The second kappa shape index (κ2) is 5.04. The van der Waals surface area contributed by atoms with Crippen molar-refractivity contribution in [3.8, 4) is 0 Å². The van der Waals surface area contributed by atoms with Crippen LogP contribution in [0.25, 0.3) is 0 Å². The van der Waals surface area contributed by atoms with Gasteiger partial charge in [0, 0.05) is 10.6 Å². The molecule has 5 heteroatoms. The zero-order chi connectivity index (χ0) is 13.2. The Morgan fingerprint density at radius 3 is 2.06 bits per heavy atom. The van der Waals surface area contributed by atoms with E-state index in [4.69, 9.17) is 0 Å². The third kappa shape index (κ3) is 3.05. The van der Waals surface area contributed by atoms with Gasteiger partial charge in [0.15, 0.2) is 0 Å². The van der Waals surface area contributed by atoms with Gasteiger partial charge in [-0.2, -0.15) is 0 Å². The summed E-state index contributed by atoms with van der Waals surface area (Å²) in [5.41, 5.74) is 1.54. The predicted molar refractivity (Wildman–Crippen MR) is 75.7 cm³/mol. The van der Waals surface area contributed by atoms with Crippen molar-refractivity contribution >= 4 is 28.3 Å². The number of anilines is 1. The van der Waals surface area contributed by atoms with Gasteiger partial charge in [-0.1, -0.05) is 17.7 Å². The molecule has 94 valence electrons. The molecule has 0 aliphatic rings. The van der Waals surface area contributed by atoms with Gasteiger partial charge in [-0.05, 0) is 43.3 Å². The fraction of sp³-hybridized carbons (Fsp3) is 0.0769. The summed E-state index contributed by atoms with van der Waals surface area (Å²) in [4.78, 5) is 1.04. The van der Waals surface area contributed by atoms with E-state index in [1.54, 1.807) is 48.5 Å². The highest BCUT2D eigenvalue weighted by atomic mass is 32.2. The Morgan fingerprint density at radius 1 is 0.944 bits per heavy atom. The smallest absolute Gasteiger partial charge is 0.261 e. The predicted octanol–water partition coefficient (Wildman–Crippen LogP) is 3.08. The Kier molecular flexibility index (Phi) is 3.63. The van der Waals surface area contributed by atoms with Gasteiger partial charge in [0.25, 0.3) is 10.0 Å². The molecule has 0 aliphatic heterocycles. The molecule has 1 N–H and O–H groups in total. The molecule has 0 spiro atoms. The average molecular weight is 279 g/mol. The van der Waals surface area contributed by atoms with Gasteiger partial charge in [-0.25, -0.2) is 8.42 Å². The minimum Gasteiger partial charge on any atom is -0.280 e. The number of sulfonamides is 1. The Morgan fingerprint density at radius 2 is 1.50 bits per heavy atom. The number of rotatable bonds is 3. The monoisotopic (exact) mass is 279 g/mol. The van der Waals surface area contributed by atoms with Crippen molar-refractivity contribution in [2.45, 2.75) is 16.7 Å². The molecule has 0 saturated heterocycles. The summed E-state index contributed by atoms with van der Waals surface area (Å²) < 4.78 is 26.7. The summed E-state index contributed by atoms with van der Waals surface area (Å²) in [5.74, 6) is 0. The molecule has 0 radical (unpaired) electrons. The molecule has 0 bridgehead atoms. The second-order valence-corrected chi connectivity index (χ2v) is 6.16. The van der Waals surface area contributed by atoms with E-state index < -0.39 is 10.0 Å². The minimum absolute atomic E-state index is 0.253. The minimum atomic E-state index is -3.52. The summed E-state index contributed by atoms with van der Waals surface area (Å²) in [5, 5.41) is 0. The van der Waals surface area contributed by atoms with E-state index in [0.29, 0.717) is 5.69 Å². The van der Waals surface area contributed by atoms with Crippen molar-refractivity contribution in [3.63, 3.8) is 0 Å². The van der Waals surface area contributed by atoms with Crippen LogP contribution in [0.4, 0.5) is 5.69 Å². The van der Waals surface area contributed by atoms with E-state index in [-0.39, 0.29) is 4.90 Å². The van der Waals surface area contributed by atoms with Gasteiger partial charge in [0.05, 0.1) is 4.90 Å². The van der Waals surface area contributed by atoms with Crippen LogP contribution in [0.5, 0.6) is 0 Å². The molecular formula is C13H13NO2S2. The van der Waals surface area contributed by atoms with Crippen LogP contribution >= 0.6 is 12.6 Å². The Balaban J connectivity index is 2.27. The first-order valence-electron chi connectivity index (χ1n) is 5.36. The molecule has 0 aromatic heterocycles. The van der Waals surface area contributed by atoms with Crippen LogP contribution in [0.15, 0.2) is 58.3 Å². The summed E-state index contributed by atoms with van der Waals surface area (Å²) in [6.07, 6.45) is 0. The highest BCUT2D eigenvalue weighted by Gasteiger charge is 2.13. The number of hydrogen-bond acceptors (Lipinski definition) is 3. The molecular weight excluding hydrogens is 266 g/mol. The quantitative estimate of drug-likeness (QED) is 0.848. The van der Waals surface area contributed by atoms with Gasteiger partial charge >= 0.3 is 0 Å². The molecule has 18 heavy (non-hydrogen) atoms. The van der Waals surface area contributed by atoms with Gasteiger partial charge in [-0.3, -0.25) is 4.72 Å². The van der Waals surface area contributed by atoms with E-state index in [1.807, 2.05) is 6.92 Å². The van der Waals surface area contributed by atoms with Crippen molar-refractivity contribution in [1.82, 2.24) is 0 Å². The maximum Gasteiger partial charge on any atom is 0.261 e. The highest BCUT2D eigenvalue weighted by molar-refractivity contribution is 7.92. The molecule has 0 fully saturated rings. The van der Waals surface area contributed by atoms with Crippen molar-refractivity contribution in [2.75, 3.05) is 4.72 Å². The highest BCUT2D eigenvalue weighted by Crippen LogP contribution is 2.17. The number of aryl methyl sites for hydroxylation is 1. The van der Waals surface area contributed by atoms with Crippen LogP contribution in [0.1, 0.15) is 5.56 Å². The summed E-state index contributed by atoms with van der Waals surface area (Å²) in [6.45, 7) is 1.91. The number of benzene rings is 2. The van der Waals surface area contributed by atoms with Crippen LogP contribution in [-0.2, 0) is 10.0 Å². The van der Waals surface area contributed by atoms with Crippen LogP contribution in [0.2, 0.25) is 0 Å². The van der Waals surface area contributed by atoms with Crippen molar-refractivity contribution < 1.29 is 8.42 Å². The summed E-state index contributed by atoms with van der Waals surface area (Å²) >= 11 is 4.15. The third-order valence-electron chi connectivity index (χ3n) is 2.45. The zero-order valence-electron chi connectivity index (χ0n) is 9.79. The molecule has 0 amide bonds. The first kappa shape index (κ1) is 13.0. The average Bonchev–Trinajstić information content (AvgIpc) is 2.32. The largest absolute Gasteiger partial charge is 0.280 e. The lowest BCUT2D eigenvalue weighted by Crippen LogP contribution is -2.12. The van der Waals surface area contributed by atoms with Crippen LogP contribution < -0.4 is 4.72 Å². The van der Waals surface area contributed by atoms with Crippen molar-refractivity contribution in [2.24, 2.45) is 0 Å². The molecule has 0 unspecified atom stereocenters. The maximum absolute atomic E-state index is 12.1. The molecule has 0 saturated carbocycles. The SMILES string of the molecule is Cc1ccc(S(=O)(=O)Nc2ccc(S)cc2)cc1. The molecule has 0 aliphatic carbocycles. The van der Waals surface area contributed by atoms with Crippen molar-refractivity contribution in [1.29, 1.82) is 0 Å².